The van der Waals surface area contributed by atoms with E-state index in [0.29, 0.717) is 31.1 Å². The zero-order chi connectivity index (χ0) is 21.5. The molecule has 0 fully saturated rings. The van der Waals surface area contributed by atoms with Gasteiger partial charge >= 0.3 is 5.69 Å². The highest BCUT2D eigenvalue weighted by Gasteiger charge is 2.16. The number of nitrogens with zero attached hydrogens (tertiary/aromatic N) is 2. The van der Waals surface area contributed by atoms with Crippen LogP contribution in [0.4, 0.5) is 0 Å². The summed E-state index contributed by atoms with van der Waals surface area (Å²) in [7, 11) is 0. The van der Waals surface area contributed by atoms with Gasteiger partial charge in [0.25, 0.3) is 0 Å². The molecule has 30 heavy (non-hydrogen) atoms. The molecule has 156 valence electrons. The van der Waals surface area contributed by atoms with E-state index in [1.807, 2.05) is 61.5 Å². The van der Waals surface area contributed by atoms with E-state index < -0.39 is 0 Å². The molecular formula is C24H27N3O3. The van der Waals surface area contributed by atoms with Gasteiger partial charge in [0.1, 0.15) is 12.4 Å². The third-order valence-corrected chi connectivity index (χ3v) is 5.06. The largest absolute Gasteiger partial charge is 0.489 e. The maximum absolute atomic E-state index is 12.8. The highest BCUT2D eigenvalue weighted by Crippen LogP contribution is 2.17. The van der Waals surface area contributed by atoms with Gasteiger partial charge < -0.3 is 14.6 Å². The summed E-state index contributed by atoms with van der Waals surface area (Å²) in [6.45, 7) is 7.15. The zero-order valence-corrected chi connectivity index (χ0v) is 17.6. The van der Waals surface area contributed by atoms with Crippen molar-refractivity contribution in [1.29, 1.82) is 0 Å². The summed E-state index contributed by atoms with van der Waals surface area (Å²) in [5.41, 5.74) is 3.83. The predicted molar refractivity (Wildman–Crippen MR) is 116 cm³/mol. The van der Waals surface area contributed by atoms with Crippen LogP contribution in [0.25, 0.3) is 0 Å². The fourth-order valence-electron chi connectivity index (χ4n) is 3.31. The number of nitrogens with one attached hydrogen (secondary N) is 1. The second-order valence-corrected chi connectivity index (χ2v) is 7.23. The van der Waals surface area contributed by atoms with Crippen molar-refractivity contribution in [2.24, 2.45) is 0 Å². The number of aromatic amines is 1. The Kier molecular flexibility index (Phi) is 7.01. The fraction of sp³-hybridized carbons (Fsp3) is 0.292. The Morgan fingerprint density at radius 1 is 1.03 bits per heavy atom. The SMILES string of the molecule is CCN(Cc1ccc(OCc2ccccc2)cc1)C(=O)Cc1c(C)nc(=O)[nH]c1C. The van der Waals surface area contributed by atoms with Gasteiger partial charge in [-0.3, -0.25) is 4.79 Å². The van der Waals surface area contributed by atoms with Crippen LogP contribution in [0.2, 0.25) is 0 Å². The second kappa shape index (κ2) is 9.87. The van der Waals surface area contributed by atoms with Gasteiger partial charge in [0.05, 0.1) is 6.42 Å². The third-order valence-electron chi connectivity index (χ3n) is 5.06. The van der Waals surface area contributed by atoms with Crippen molar-refractivity contribution in [3.63, 3.8) is 0 Å². The number of hydrogen-bond donors (Lipinski definition) is 1. The number of rotatable bonds is 8. The minimum atomic E-state index is -0.386. The van der Waals surface area contributed by atoms with Crippen molar-refractivity contribution in [1.82, 2.24) is 14.9 Å². The first-order chi connectivity index (χ1) is 14.5. The third kappa shape index (κ3) is 5.56. The maximum Gasteiger partial charge on any atom is 0.345 e. The lowest BCUT2D eigenvalue weighted by atomic mass is 10.1. The van der Waals surface area contributed by atoms with Crippen LogP contribution in [0.15, 0.2) is 59.4 Å². The number of likely N-dealkylation sites (N-methyl/N-ethyl adjacent to an activating group) is 1. The molecule has 0 saturated carbocycles. The quantitative estimate of drug-likeness (QED) is 0.622. The summed E-state index contributed by atoms with van der Waals surface area (Å²) in [5, 5.41) is 0. The molecule has 6 heteroatoms. The molecule has 1 N–H and O–H groups in total. The molecule has 0 saturated heterocycles. The molecule has 2 aromatic carbocycles. The lowest BCUT2D eigenvalue weighted by Gasteiger charge is -2.22. The highest BCUT2D eigenvalue weighted by atomic mass is 16.5. The van der Waals surface area contributed by atoms with Crippen molar-refractivity contribution >= 4 is 5.91 Å². The Balaban J connectivity index is 1.61. The van der Waals surface area contributed by atoms with Crippen molar-refractivity contribution < 1.29 is 9.53 Å². The van der Waals surface area contributed by atoms with Gasteiger partial charge in [0, 0.05) is 30.0 Å². The monoisotopic (exact) mass is 405 g/mol. The van der Waals surface area contributed by atoms with Crippen molar-refractivity contribution in [2.45, 2.75) is 40.3 Å². The molecule has 0 unspecified atom stereocenters. The van der Waals surface area contributed by atoms with E-state index in [0.717, 1.165) is 22.4 Å². The Morgan fingerprint density at radius 3 is 2.37 bits per heavy atom. The molecule has 0 atom stereocenters. The van der Waals surface area contributed by atoms with Crippen molar-refractivity contribution in [3.8, 4) is 5.75 Å². The average Bonchev–Trinajstić information content (AvgIpc) is 2.74. The number of ether oxygens (including phenoxy) is 1. The first-order valence-corrected chi connectivity index (χ1v) is 10.1. The molecule has 0 bridgehead atoms. The number of hydrogen-bond acceptors (Lipinski definition) is 4. The van der Waals surface area contributed by atoms with Crippen LogP contribution in [-0.4, -0.2) is 27.3 Å². The summed E-state index contributed by atoms with van der Waals surface area (Å²) in [6.07, 6.45) is 0.216. The maximum atomic E-state index is 12.8. The van der Waals surface area contributed by atoms with E-state index in [1.54, 1.807) is 18.7 Å². The summed E-state index contributed by atoms with van der Waals surface area (Å²) in [6, 6.07) is 17.8. The van der Waals surface area contributed by atoms with Gasteiger partial charge in [-0.25, -0.2) is 4.79 Å². The van der Waals surface area contributed by atoms with E-state index >= 15 is 0 Å². The van der Waals surface area contributed by atoms with Crippen LogP contribution in [0.3, 0.4) is 0 Å². The van der Waals surface area contributed by atoms with Crippen LogP contribution in [0.1, 0.15) is 35.0 Å². The lowest BCUT2D eigenvalue weighted by Crippen LogP contribution is -2.32. The Hall–Kier alpha value is -3.41. The van der Waals surface area contributed by atoms with Crippen LogP contribution >= 0.6 is 0 Å². The number of aryl methyl sites for hydroxylation is 2. The standard InChI is InChI=1S/C24H27N3O3/c1-4-27(23(28)14-22-17(2)25-24(29)26-18(22)3)15-19-10-12-21(13-11-19)30-16-20-8-6-5-7-9-20/h5-13H,4,14-16H2,1-3H3,(H,25,26,29). The van der Waals surface area contributed by atoms with Gasteiger partial charge in [-0.15, -0.1) is 0 Å². The van der Waals surface area contributed by atoms with E-state index in [9.17, 15) is 9.59 Å². The number of carbonyl (C=O) groups excluding carboxylic acids is 1. The molecule has 0 spiro atoms. The molecular weight excluding hydrogens is 378 g/mol. The zero-order valence-electron chi connectivity index (χ0n) is 17.6. The van der Waals surface area contributed by atoms with Gasteiger partial charge in [-0.1, -0.05) is 42.5 Å². The molecule has 0 aliphatic carbocycles. The van der Waals surface area contributed by atoms with Gasteiger partial charge in [-0.2, -0.15) is 4.98 Å². The van der Waals surface area contributed by atoms with Crippen molar-refractivity contribution in [2.75, 3.05) is 6.54 Å². The Morgan fingerprint density at radius 2 is 1.73 bits per heavy atom. The summed E-state index contributed by atoms with van der Waals surface area (Å²) in [5.74, 6) is 0.796. The summed E-state index contributed by atoms with van der Waals surface area (Å²) >= 11 is 0. The molecule has 1 amide bonds. The normalized spacial score (nSPS) is 10.6. The first-order valence-electron chi connectivity index (χ1n) is 10.1. The van der Waals surface area contributed by atoms with E-state index in [-0.39, 0.29) is 18.0 Å². The minimum Gasteiger partial charge on any atom is -0.489 e. The molecule has 3 aromatic rings. The summed E-state index contributed by atoms with van der Waals surface area (Å²) < 4.78 is 5.82. The number of aromatic nitrogens is 2. The minimum absolute atomic E-state index is 0.00181. The molecule has 0 radical (unpaired) electrons. The van der Waals surface area contributed by atoms with Gasteiger partial charge in [0.15, 0.2) is 0 Å². The molecule has 3 rings (SSSR count). The van der Waals surface area contributed by atoms with Crippen LogP contribution in [-0.2, 0) is 24.4 Å². The van der Waals surface area contributed by atoms with Crippen LogP contribution in [0.5, 0.6) is 5.75 Å². The highest BCUT2D eigenvalue weighted by molar-refractivity contribution is 5.79. The molecule has 6 nitrogen and oxygen atoms in total. The fourth-order valence-corrected chi connectivity index (χ4v) is 3.31. The van der Waals surface area contributed by atoms with E-state index in [4.69, 9.17) is 4.74 Å². The van der Waals surface area contributed by atoms with Crippen molar-refractivity contribution in [3.05, 3.63) is 93.2 Å². The second-order valence-electron chi connectivity index (χ2n) is 7.23. The molecule has 0 aliphatic rings. The molecule has 0 aliphatic heterocycles. The molecule has 1 aromatic heterocycles. The first kappa shape index (κ1) is 21.3. The predicted octanol–water partition coefficient (Wildman–Crippen LogP) is 3.56. The number of carbonyl (C=O) groups is 1. The van der Waals surface area contributed by atoms with E-state index in [1.165, 1.54) is 0 Å². The average molecular weight is 405 g/mol. The van der Waals surface area contributed by atoms with E-state index in [2.05, 4.69) is 9.97 Å². The number of H-pyrrole nitrogens is 1. The lowest BCUT2D eigenvalue weighted by molar-refractivity contribution is -0.130. The Bertz CT molecular complexity index is 1020. The topological polar surface area (TPSA) is 75.3 Å². The number of benzene rings is 2. The molecule has 1 heterocycles. The van der Waals surface area contributed by atoms with Crippen LogP contribution in [0, 0.1) is 13.8 Å². The smallest absolute Gasteiger partial charge is 0.345 e. The summed E-state index contributed by atoms with van der Waals surface area (Å²) in [4.78, 5) is 32.7. The van der Waals surface area contributed by atoms with Crippen LogP contribution < -0.4 is 10.4 Å². The Labute approximate surface area is 176 Å². The number of amides is 1. The van der Waals surface area contributed by atoms with Gasteiger partial charge in [-0.05, 0) is 44.0 Å². The van der Waals surface area contributed by atoms with Gasteiger partial charge in [0.2, 0.25) is 5.91 Å².